The lowest BCUT2D eigenvalue weighted by Gasteiger charge is -1.88. The Morgan fingerprint density at radius 3 is 2.89 bits per heavy atom. The van der Waals surface area contributed by atoms with Crippen molar-refractivity contribution in [3.8, 4) is 0 Å². The molecule has 2 nitrogen and oxygen atoms in total. The largest absolute Gasteiger partial charge is 0.392 e. The maximum Gasteiger partial charge on any atom is 0.136 e. The first-order chi connectivity index (χ1) is 4.41. The summed E-state index contributed by atoms with van der Waals surface area (Å²) in [7, 11) is 0. The molecule has 0 bridgehead atoms. The molecule has 0 aliphatic rings. The normalized spacial score (nSPS) is 11.3. The van der Waals surface area contributed by atoms with E-state index in [9.17, 15) is 0 Å². The van der Waals surface area contributed by atoms with Gasteiger partial charge in [-0.25, -0.2) is 0 Å². The molecule has 0 saturated carbocycles. The number of oxime groups is 1. The minimum absolute atomic E-state index is 0.366. The van der Waals surface area contributed by atoms with Crippen LogP contribution in [0.2, 0.25) is 0 Å². The van der Waals surface area contributed by atoms with Crippen LogP contribution in [0.4, 0.5) is 0 Å². The number of rotatable bonds is 4. The molecule has 0 aliphatic heterocycles. The number of alkyl halides is 1. The van der Waals surface area contributed by atoms with Gasteiger partial charge in [-0.05, 0) is 6.08 Å². The van der Waals surface area contributed by atoms with E-state index in [4.69, 9.17) is 23.2 Å². The molecule has 0 aromatic rings. The van der Waals surface area contributed by atoms with Gasteiger partial charge in [0.25, 0.3) is 0 Å². The van der Waals surface area contributed by atoms with Crippen molar-refractivity contribution in [2.24, 2.45) is 5.16 Å². The molecule has 0 rings (SSSR count). The topological polar surface area (TPSA) is 21.6 Å². The van der Waals surface area contributed by atoms with Gasteiger partial charge in [0.2, 0.25) is 0 Å². The summed E-state index contributed by atoms with van der Waals surface area (Å²) in [6, 6.07) is 0. The van der Waals surface area contributed by atoms with Crippen LogP contribution in [0.25, 0.3) is 0 Å². The van der Waals surface area contributed by atoms with Crippen molar-refractivity contribution < 1.29 is 4.84 Å². The van der Waals surface area contributed by atoms with E-state index in [-0.39, 0.29) is 0 Å². The van der Waals surface area contributed by atoms with Gasteiger partial charge in [-0.15, -0.1) is 11.6 Å². The van der Waals surface area contributed by atoms with Gasteiger partial charge < -0.3 is 4.84 Å². The molecule has 0 aromatic carbocycles. The van der Waals surface area contributed by atoms with E-state index in [1.54, 1.807) is 6.08 Å². The van der Waals surface area contributed by atoms with Crippen molar-refractivity contribution >= 4 is 29.4 Å². The van der Waals surface area contributed by atoms with E-state index in [1.165, 1.54) is 11.7 Å². The zero-order chi connectivity index (χ0) is 6.95. The highest BCUT2D eigenvalue weighted by Gasteiger charge is 1.72. The molecule has 0 amide bonds. The molecule has 4 heteroatoms. The lowest BCUT2D eigenvalue weighted by atomic mass is 10.7. The van der Waals surface area contributed by atoms with Crippen LogP contribution in [0, 0.1) is 0 Å². The summed E-state index contributed by atoms with van der Waals surface area (Å²) in [5.74, 6) is 0.366. The fourth-order valence-corrected chi connectivity index (χ4v) is 0.332. The van der Waals surface area contributed by atoms with Crippen molar-refractivity contribution in [2.45, 2.75) is 0 Å². The Morgan fingerprint density at radius 1 is 1.56 bits per heavy atom. The minimum atomic E-state index is 0.366. The standard InChI is InChI=1S/C5H7Cl2NO/c6-2-1-5-9-8-4-3-7/h1-2,4H,3,5H2/b2-1+,8-4+. The smallest absolute Gasteiger partial charge is 0.136 e. The van der Waals surface area contributed by atoms with Crippen LogP contribution in [0.1, 0.15) is 0 Å². The molecule has 0 spiro atoms. The zero-order valence-electron chi connectivity index (χ0n) is 4.76. The van der Waals surface area contributed by atoms with E-state index in [2.05, 4.69) is 9.99 Å². The maximum atomic E-state index is 5.24. The molecule has 52 valence electrons. The van der Waals surface area contributed by atoms with Crippen molar-refractivity contribution in [3.05, 3.63) is 11.6 Å². The Labute approximate surface area is 64.1 Å². The van der Waals surface area contributed by atoms with Crippen LogP contribution in [-0.2, 0) is 4.84 Å². The molecule has 0 unspecified atom stereocenters. The average molecular weight is 168 g/mol. The van der Waals surface area contributed by atoms with Gasteiger partial charge in [0.1, 0.15) is 6.61 Å². The van der Waals surface area contributed by atoms with Crippen LogP contribution in [-0.4, -0.2) is 18.7 Å². The third kappa shape index (κ3) is 7.79. The molecular formula is C5H7Cl2NO. The van der Waals surface area contributed by atoms with Crippen molar-refractivity contribution in [3.63, 3.8) is 0 Å². The quantitative estimate of drug-likeness (QED) is 0.272. The third-order valence-electron chi connectivity index (χ3n) is 0.478. The Kier molecular flexibility index (Phi) is 7.61. The van der Waals surface area contributed by atoms with Crippen LogP contribution in [0.15, 0.2) is 16.8 Å². The lowest BCUT2D eigenvalue weighted by Crippen LogP contribution is -1.82. The van der Waals surface area contributed by atoms with E-state index < -0.39 is 0 Å². The molecule has 9 heavy (non-hydrogen) atoms. The summed E-state index contributed by atoms with van der Waals surface area (Å²) >= 11 is 10.4. The number of hydrogen-bond acceptors (Lipinski definition) is 2. The summed E-state index contributed by atoms with van der Waals surface area (Å²) in [5, 5.41) is 3.46. The van der Waals surface area contributed by atoms with E-state index in [0.717, 1.165) is 0 Å². The summed E-state index contributed by atoms with van der Waals surface area (Å²) in [6.07, 6.45) is 3.09. The van der Waals surface area contributed by atoms with Crippen LogP contribution in [0.5, 0.6) is 0 Å². The van der Waals surface area contributed by atoms with Gasteiger partial charge in [-0.2, -0.15) is 0 Å². The summed E-state index contributed by atoms with van der Waals surface area (Å²) in [5.41, 5.74) is 1.37. The van der Waals surface area contributed by atoms with Gasteiger partial charge >= 0.3 is 0 Å². The van der Waals surface area contributed by atoms with E-state index in [1.807, 2.05) is 0 Å². The second kappa shape index (κ2) is 7.79. The van der Waals surface area contributed by atoms with Crippen molar-refractivity contribution in [1.29, 1.82) is 0 Å². The van der Waals surface area contributed by atoms with E-state index in [0.29, 0.717) is 12.5 Å². The molecule has 0 heterocycles. The Morgan fingerprint density at radius 2 is 2.33 bits per heavy atom. The number of hydrogen-bond donors (Lipinski definition) is 0. The van der Waals surface area contributed by atoms with Gasteiger partial charge in [-0.1, -0.05) is 16.8 Å². The second-order valence-corrected chi connectivity index (χ2v) is 1.66. The predicted octanol–water partition coefficient (Wildman–Crippen LogP) is 1.98. The second-order valence-electron chi connectivity index (χ2n) is 1.10. The highest BCUT2D eigenvalue weighted by Crippen LogP contribution is 1.80. The van der Waals surface area contributed by atoms with Crippen molar-refractivity contribution in [1.82, 2.24) is 0 Å². The zero-order valence-corrected chi connectivity index (χ0v) is 6.27. The van der Waals surface area contributed by atoms with Gasteiger partial charge in [0, 0.05) is 5.54 Å². The fourth-order valence-electron chi connectivity index (χ4n) is 0.203. The highest BCUT2D eigenvalue weighted by atomic mass is 35.5. The molecule has 0 fully saturated rings. The molecule has 0 saturated heterocycles. The Balaban J connectivity index is 2.99. The van der Waals surface area contributed by atoms with Crippen LogP contribution >= 0.6 is 23.2 Å². The number of halogens is 2. The lowest BCUT2D eigenvalue weighted by molar-refractivity contribution is 0.176. The van der Waals surface area contributed by atoms with Crippen molar-refractivity contribution in [2.75, 3.05) is 12.5 Å². The minimum Gasteiger partial charge on any atom is -0.392 e. The summed E-state index contributed by atoms with van der Waals surface area (Å²) in [6.45, 7) is 0.386. The third-order valence-corrected chi connectivity index (χ3v) is 0.794. The van der Waals surface area contributed by atoms with Gasteiger partial charge in [-0.3, -0.25) is 0 Å². The van der Waals surface area contributed by atoms with Gasteiger partial charge in [0.05, 0.1) is 12.1 Å². The monoisotopic (exact) mass is 167 g/mol. The average Bonchev–Trinajstić information content (AvgIpc) is 1.89. The SMILES string of the molecule is Cl/C=C/CO/N=C/CCl. The first-order valence-corrected chi connectivity index (χ1v) is 3.34. The first-order valence-electron chi connectivity index (χ1n) is 2.36. The maximum absolute atomic E-state index is 5.24. The van der Waals surface area contributed by atoms with Gasteiger partial charge in [0.15, 0.2) is 0 Å². The first kappa shape index (κ1) is 8.79. The summed E-state index contributed by atoms with van der Waals surface area (Å²) < 4.78 is 0. The summed E-state index contributed by atoms with van der Waals surface area (Å²) in [4.78, 5) is 4.63. The molecule has 0 atom stereocenters. The highest BCUT2D eigenvalue weighted by molar-refractivity contribution is 6.25. The fraction of sp³-hybridized carbons (Fsp3) is 0.400. The molecule has 0 aliphatic carbocycles. The Hall–Kier alpha value is -0.210. The molecule has 0 aromatic heterocycles. The van der Waals surface area contributed by atoms with Crippen LogP contribution in [0.3, 0.4) is 0 Å². The molecular weight excluding hydrogens is 161 g/mol. The molecule has 0 radical (unpaired) electrons. The number of nitrogens with zero attached hydrogens (tertiary/aromatic N) is 1. The van der Waals surface area contributed by atoms with E-state index >= 15 is 0 Å². The molecule has 0 N–H and O–H groups in total. The Bertz CT molecular complexity index is 103. The van der Waals surface area contributed by atoms with Crippen LogP contribution < -0.4 is 0 Å². The predicted molar refractivity (Wildman–Crippen MR) is 40.2 cm³/mol.